The number of urea groups is 1. The van der Waals surface area contributed by atoms with Crippen LogP contribution in [0.2, 0.25) is 0 Å². The molecular weight excluding hydrogens is 412 g/mol. The number of primary amides is 1. The Hall–Kier alpha value is -2.21. The van der Waals surface area contributed by atoms with E-state index in [1.165, 1.54) is 0 Å². The Labute approximate surface area is 180 Å². The first-order valence-corrected chi connectivity index (χ1v) is 11.4. The van der Waals surface area contributed by atoms with Crippen molar-refractivity contribution in [1.82, 2.24) is 21.3 Å². The van der Waals surface area contributed by atoms with Crippen molar-refractivity contribution in [2.75, 3.05) is 25.4 Å². The lowest BCUT2D eigenvalue weighted by molar-refractivity contribution is -0.368. The fourth-order valence-electron chi connectivity index (χ4n) is 3.59. The largest absolute Gasteiger partial charge is 0.448 e. The van der Waals surface area contributed by atoms with E-state index in [0.29, 0.717) is 24.6 Å². The van der Waals surface area contributed by atoms with Gasteiger partial charge in [0.05, 0.1) is 31.2 Å². The van der Waals surface area contributed by atoms with Crippen LogP contribution in [0, 0.1) is 0 Å². The Morgan fingerprint density at radius 2 is 2.03 bits per heavy atom. The van der Waals surface area contributed by atoms with E-state index in [2.05, 4.69) is 27.0 Å². The lowest BCUT2D eigenvalue weighted by atomic mass is 10.0. The lowest BCUT2D eigenvalue weighted by Crippen LogP contribution is -2.51. The Balaban J connectivity index is 1.57. The molecule has 2 rings (SSSR count). The number of fused-ring (bicyclic) bond motifs is 1. The van der Waals surface area contributed by atoms with Gasteiger partial charge in [-0.25, -0.2) is 9.59 Å². The molecule has 2 heterocycles. The van der Waals surface area contributed by atoms with Gasteiger partial charge in [0.1, 0.15) is 6.61 Å². The van der Waals surface area contributed by atoms with Crippen molar-refractivity contribution in [3.8, 4) is 0 Å². The minimum Gasteiger partial charge on any atom is -0.448 e. The van der Waals surface area contributed by atoms with E-state index in [4.69, 9.17) is 10.5 Å². The molecule has 0 aromatic carbocycles. The number of carbonyl (C=O) groups is 4. The third-order valence-electron chi connectivity index (χ3n) is 5.12. The number of nitrogens with two attached hydrogens (primary N) is 1. The average molecular weight is 446 g/mol. The number of quaternary nitrogens is 1. The van der Waals surface area contributed by atoms with Crippen molar-refractivity contribution >= 4 is 35.7 Å². The quantitative estimate of drug-likeness (QED) is 0.147. The second kappa shape index (κ2) is 12.5. The molecule has 0 unspecified atom stereocenters. The zero-order chi connectivity index (χ0) is 21.9. The molecule has 30 heavy (non-hydrogen) atoms. The molecule has 4 atom stereocenters. The summed E-state index contributed by atoms with van der Waals surface area (Å²) in [5.41, 5.74) is 8.71. The first-order chi connectivity index (χ1) is 14.4. The summed E-state index contributed by atoms with van der Waals surface area (Å²) in [7, 11) is 0. The van der Waals surface area contributed by atoms with E-state index in [1.54, 1.807) is 0 Å². The number of ether oxygens (including phenoxy) is 1. The van der Waals surface area contributed by atoms with Crippen LogP contribution in [-0.2, 0) is 14.3 Å². The van der Waals surface area contributed by atoms with Gasteiger partial charge >= 0.3 is 12.1 Å². The summed E-state index contributed by atoms with van der Waals surface area (Å²) in [5, 5.41) is 11.6. The van der Waals surface area contributed by atoms with Gasteiger partial charge in [-0.05, 0) is 25.7 Å². The lowest BCUT2D eigenvalue weighted by Gasteiger charge is -2.18. The summed E-state index contributed by atoms with van der Waals surface area (Å²) >= 11 is 1.85. The zero-order valence-corrected chi connectivity index (χ0v) is 17.9. The topological polar surface area (TPSA) is 179 Å². The van der Waals surface area contributed by atoms with E-state index >= 15 is 0 Å². The molecule has 0 aromatic heterocycles. The standard InChI is InChI=1S/C18H32N6O5S/c19-7-3-4-11(9-29-17(20)27)22-15(26)8-21-14(25)6-2-1-5-13-16-12(10-30-13)23-18(28)24-16/h11-13,16H,1-10,19H2,(H2,20,27)(H,21,25)(H,22,26)(H2,23,24,28)/p+1/t11-,12-,13-,16-/m0/s1. The first-order valence-electron chi connectivity index (χ1n) is 10.3. The number of unbranched alkanes of at least 4 members (excludes halogenated alkanes) is 1. The monoisotopic (exact) mass is 445 g/mol. The van der Waals surface area contributed by atoms with Crippen molar-refractivity contribution in [3.05, 3.63) is 0 Å². The van der Waals surface area contributed by atoms with Gasteiger partial charge in [0.2, 0.25) is 11.8 Å². The second-order valence-corrected chi connectivity index (χ2v) is 8.81. The minimum atomic E-state index is -0.893. The molecule has 0 aromatic rings. The Bertz CT molecular complexity index is 622. The van der Waals surface area contributed by atoms with Gasteiger partial charge in [-0.3, -0.25) is 9.59 Å². The summed E-state index contributed by atoms with van der Waals surface area (Å²) in [5.74, 6) is 0.396. The fraction of sp³-hybridized carbons (Fsp3) is 0.778. The highest BCUT2D eigenvalue weighted by Gasteiger charge is 2.42. The first kappa shape index (κ1) is 24.1. The molecule has 0 aliphatic carbocycles. The zero-order valence-electron chi connectivity index (χ0n) is 17.1. The van der Waals surface area contributed by atoms with Crippen molar-refractivity contribution in [1.29, 1.82) is 0 Å². The van der Waals surface area contributed by atoms with Crippen molar-refractivity contribution < 1.29 is 29.6 Å². The Kier molecular flexibility index (Phi) is 10.0. The van der Waals surface area contributed by atoms with Crippen LogP contribution in [0.3, 0.4) is 0 Å². The van der Waals surface area contributed by atoms with E-state index < -0.39 is 6.09 Å². The number of hydrogen-bond donors (Lipinski definition) is 6. The van der Waals surface area contributed by atoms with Gasteiger partial charge in [-0.2, -0.15) is 11.8 Å². The summed E-state index contributed by atoms with van der Waals surface area (Å²) in [6.07, 6.45) is 3.37. The van der Waals surface area contributed by atoms with Gasteiger partial charge in [0, 0.05) is 17.4 Å². The number of amides is 5. The number of nitrogens with one attached hydrogen (secondary N) is 4. The maximum atomic E-state index is 12.0. The van der Waals surface area contributed by atoms with Crippen LogP contribution in [0.5, 0.6) is 0 Å². The minimum absolute atomic E-state index is 0.00791. The summed E-state index contributed by atoms with van der Waals surface area (Å²) in [6, 6.07) is -0.0696. The molecule has 11 nitrogen and oxygen atoms in total. The van der Waals surface area contributed by atoms with Gasteiger partial charge in [-0.15, -0.1) is 0 Å². The molecular formula is C18H33N6O5S+. The third kappa shape index (κ3) is 8.27. The second-order valence-electron chi connectivity index (χ2n) is 7.53. The molecule has 0 spiro atoms. The van der Waals surface area contributed by atoms with Crippen LogP contribution in [0.4, 0.5) is 9.59 Å². The molecule has 5 amide bonds. The van der Waals surface area contributed by atoms with Crippen molar-refractivity contribution in [2.45, 2.75) is 61.9 Å². The van der Waals surface area contributed by atoms with Crippen LogP contribution in [0.15, 0.2) is 0 Å². The molecule has 0 saturated carbocycles. The van der Waals surface area contributed by atoms with Crippen LogP contribution >= 0.6 is 11.8 Å². The number of rotatable bonds is 13. The highest BCUT2D eigenvalue weighted by atomic mass is 32.2. The van der Waals surface area contributed by atoms with Gasteiger partial charge in [0.25, 0.3) is 0 Å². The predicted octanol–water partition coefficient (Wildman–Crippen LogP) is -1.57. The van der Waals surface area contributed by atoms with E-state index in [9.17, 15) is 19.2 Å². The van der Waals surface area contributed by atoms with E-state index in [-0.39, 0.29) is 49.1 Å². The van der Waals surface area contributed by atoms with Crippen molar-refractivity contribution in [2.24, 2.45) is 5.73 Å². The highest BCUT2D eigenvalue weighted by Crippen LogP contribution is 2.33. The maximum absolute atomic E-state index is 12.0. The van der Waals surface area contributed by atoms with Crippen LogP contribution < -0.4 is 32.7 Å². The van der Waals surface area contributed by atoms with Gasteiger partial charge < -0.3 is 37.5 Å². The van der Waals surface area contributed by atoms with Crippen LogP contribution in [0.1, 0.15) is 38.5 Å². The molecule has 0 radical (unpaired) electrons. The molecule has 170 valence electrons. The Morgan fingerprint density at radius 3 is 2.77 bits per heavy atom. The normalized spacial score (nSPS) is 23.1. The summed E-state index contributed by atoms with van der Waals surface area (Å²) in [6.45, 7) is 0.561. The van der Waals surface area contributed by atoms with E-state index in [0.717, 1.165) is 31.4 Å². The fourth-order valence-corrected chi connectivity index (χ4v) is 5.13. The molecule has 2 fully saturated rings. The summed E-state index contributed by atoms with van der Waals surface area (Å²) < 4.78 is 4.75. The molecule has 9 N–H and O–H groups in total. The van der Waals surface area contributed by atoms with Crippen LogP contribution in [0.25, 0.3) is 0 Å². The molecule has 2 aliphatic heterocycles. The molecule has 0 bridgehead atoms. The van der Waals surface area contributed by atoms with Crippen molar-refractivity contribution in [3.63, 3.8) is 0 Å². The summed E-state index contributed by atoms with van der Waals surface area (Å²) in [4.78, 5) is 46.2. The van der Waals surface area contributed by atoms with Crippen LogP contribution in [-0.4, -0.2) is 72.8 Å². The third-order valence-corrected chi connectivity index (χ3v) is 6.63. The average Bonchev–Trinajstić information content (AvgIpc) is 3.25. The maximum Gasteiger partial charge on any atom is 0.404 e. The number of carbonyl (C=O) groups excluding carboxylic acids is 4. The number of hydrogen-bond acceptors (Lipinski definition) is 6. The van der Waals surface area contributed by atoms with E-state index in [1.807, 2.05) is 11.8 Å². The highest BCUT2D eigenvalue weighted by molar-refractivity contribution is 8.00. The Morgan fingerprint density at radius 1 is 1.23 bits per heavy atom. The molecule has 12 heteroatoms. The number of thioether (sulfide) groups is 1. The van der Waals surface area contributed by atoms with Gasteiger partial charge in [0.15, 0.2) is 0 Å². The molecule has 2 saturated heterocycles. The smallest absolute Gasteiger partial charge is 0.404 e. The SMILES string of the molecule is NC(=O)OC[C@H](CCC[NH3+])NC(=O)CNC(=O)CCCC[C@@H]1SC[C@@H]2NC(=O)N[C@@H]21. The molecule has 2 aliphatic rings. The predicted molar refractivity (Wildman–Crippen MR) is 111 cm³/mol. The van der Waals surface area contributed by atoms with Gasteiger partial charge in [-0.1, -0.05) is 6.42 Å².